The summed E-state index contributed by atoms with van der Waals surface area (Å²) in [7, 11) is 1.64. The van der Waals surface area contributed by atoms with E-state index in [0.717, 1.165) is 17.3 Å². The zero-order valence-corrected chi connectivity index (χ0v) is 10.3. The molecular formula is C14H16N2O2. The zero-order valence-electron chi connectivity index (χ0n) is 10.3. The van der Waals surface area contributed by atoms with Gasteiger partial charge in [-0.15, -0.1) is 0 Å². The van der Waals surface area contributed by atoms with E-state index in [4.69, 9.17) is 9.47 Å². The van der Waals surface area contributed by atoms with Gasteiger partial charge in [0.15, 0.2) is 0 Å². The quantitative estimate of drug-likeness (QED) is 0.793. The van der Waals surface area contributed by atoms with Crippen molar-refractivity contribution in [3.8, 4) is 11.5 Å². The highest BCUT2D eigenvalue weighted by Gasteiger charge is 1.96. The topological polar surface area (TPSA) is 43.4 Å². The van der Waals surface area contributed by atoms with E-state index in [1.807, 2.05) is 42.5 Å². The van der Waals surface area contributed by atoms with Crippen molar-refractivity contribution in [3.63, 3.8) is 0 Å². The molecule has 1 N–H and O–H groups in total. The third-order valence-corrected chi connectivity index (χ3v) is 2.38. The number of rotatable bonds is 6. The van der Waals surface area contributed by atoms with E-state index >= 15 is 0 Å². The van der Waals surface area contributed by atoms with Gasteiger partial charge in [0, 0.05) is 12.3 Å². The van der Waals surface area contributed by atoms with Crippen LogP contribution >= 0.6 is 0 Å². The molecule has 2 rings (SSSR count). The van der Waals surface area contributed by atoms with Crippen LogP contribution in [0.25, 0.3) is 0 Å². The van der Waals surface area contributed by atoms with Gasteiger partial charge in [-0.25, -0.2) is 4.98 Å². The first-order valence-corrected chi connectivity index (χ1v) is 5.80. The highest BCUT2D eigenvalue weighted by Crippen LogP contribution is 2.18. The molecule has 18 heavy (non-hydrogen) atoms. The summed E-state index contributed by atoms with van der Waals surface area (Å²) in [5.74, 6) is 2.45. The molecule has 0 atom stereocenters. The van der Waals surface area contributed by atoms with Gasteiger partial charge in [0.1, 0.15) is 23.9 Å². The van der Waals surface area contributed by atoms with Crippen molar-refractivity contribution in [2.75, 3.05) is 25.6 Å². The summed E-state index contributed by atoms with van der Waals surface area (Å²) in [5, 5.41) is 3.18. The first-order valence-electron chi connectivity index (χ1n) is 5.80. The summed E-state index contributed by atoms with van der Waals surface area (Å²) in [6.07, 6.45) is 1.76. The maximum atomic E-state index is 5.60. The van der Waals surface area contributed by atoms with E-state index in [1.165, 1.54) is 0 Å². The molecule has 0 aliphatic carbocycles. The van der Waals surface area contributed by atoms with Crippen LogP contribution in [0.5, 0.6) is 11.5 Å². The van der Waals surface area contributed by atoms with Crippen molar-refractivity contribution in [1.29, 1.82) is 0 Å². The van der Waals surface area contributed by atoms with Crippen molar-refractivity contribution in [3.05, 3.63) is 48.7 Å². The Morgan fingerprint density at radius 2 is 2.00 bits per heavy atom. The molecule has 0 saturated heterocycles. The van der Waals surface area contributed by atoms with Crippen LogP contribution in [0, 0.1) is 0 Å². The van der Waals surface area contributed by atoms with E-state index in [-0.39, 0.29) is 0 Å². The van der Waals surface area contributed by atoms with Crippen LogP contribution in [0.1, 0.15) is 0 Å². The lowest BCUT2D eigenvalue weighted by Crippen LogP contribution is -2.12. The first kappa shape index (κ1) is 12.2. The van der Waals surface area contributed by atoms with Crippen LogP contribution in [-0.4, -0.2) is 25.2 Å². The van der Waals surface area contributed by atoms with Gasteiger partial charge in [-0.3, -0.25) is 0 Å². The third kappa shape index (κ3) is 3.66. The van der Waals surface area contributed by atoms with Crippen LogP contribution in [0.4, 0.5) is 5.82 Å². The maximum Gasteiger partial charge on any atom is 0.125 e. The zero-order chi connectivity index (χ0) is 12.6. The number of ether oxygens (including phenoxy) is 2. The predicted octanol–water partition coefficient (Wildman–Crippen LogP) is 2.58. The predicted molar refractivity (Wildman–Crippen MR) is 71.2 cm³/mol. The van der Waals surface area contributed by atoms with Crippen molar-refractivity contribution >= 4 is 5.82 Å². The first-order chi connectivity index (χ1) is 8.88. The summed E-state index contributed by atoms with van der Waals surface area (Å²) in [5.41, 5.74) is 0. The van der Waals surface area contributed by atoms with E-state index in [2.05, 4.69) is 10.3 Å². The molecule has 0 fully saturated rings. The van der Waals surface area contributed by atoms with Crippen LogP contribution in [0.3, 0.4) is 0 Å². The Hall–Kier alpha value is -2.23. The van der Waals surface area contributed by atoms with Gasteiger partial charge in [-0.05, 0) is 24.3 Å². The second-order valence-electron chi connectivity index (χ2n) is 3.67. The molecule has 4 nitrogen and oxygen atoms in total. The lowest BCUT2D eigenvalue weighted by atomic mass is 10.3. The Balaban J connectivity index is 1.75. The molecule has 1 aromatic carbocycles. The van der Waals surface area contributed by atoms with Gasteiger partial charge in [0.2, 0.25) is 0 Å². The van der Waals surface area contributed by atoms with Crippen molar-refractivity contribution in [2.24, 2.45) is 0 Å². The fraction of sp³-hybridized carbons (Fsp3) is 0.214. The van der Waals surface area contributed by atoms with Crippen LogP contribution in [0.15, 0.2) is 48.7 Å². The number of aromatic nitrogens is 1. The number of hydrogen-bond acceptors (Lipinski definition) is 4. The Morgan fingerprint density at radius 1 is 1.11 bits per heavy atom. The standard InChI is InChI=1S/C14H16N2O2/c1-17-12-5-4-6-13(11-12)18-10-9-16-14-7-2-3-8-15-14/h2-8,11H,9-10H2,1H3,(H,15,16). The Labute approximate surface area is 107 Å². The minimum atomic E-state index is 0.573. The second kappa shape index (κ2) is 6.49. The maximum absolute atomic E-state index is 5.60. The number of benzene rings is 1. The number of nitrogens with one attached hydrogen (secondary N) is 1. The van der Waals surface area contributed by atoms with Gasteiger partial charge in [-0.1, -0.05) is 12.1 Å². The lowest BCUT2D eigenvalue weighted by Gasteiger charge is -2.08. The molecule has 94 valence electrons. The molecular weight excluding hydrogens is 228 g/mol. The molecule has 1 heterocycles. The van der Waals surface area contributed by atoms with E-state index < -0.39 is 0 Å². The molecule has 1 aromatic heterocycles. The van der Waals surface area contributed by atoms with Gasteiger partial charge in [0.25, 0.3) is 0 Å². The minimum Gasteiger partial charge on any atom is -0.497 e. The summed E-state index contributed by atoms with van der Waals surface area (Å²) in [6.45, 7) is 1.28. The second-order valence-corrected chi connectivity index (χ2v) is 3.67. The third-order valence-electron chi connectivity index (χ3n) is 2.38. The SMILES string of the molecule is COc1cccc(OCCNc2ccccn2)c1. The molecule has 0 amide bonds. The molecule has 2 aromatic rings. The number of anilines is 1. The Bertz CT molecular complexity index is 474. The van der Waals surface area contributed by atoms with Crippen LogP contribution in [0.2, 0.25) is 0 Å². The normalized spacial score (nSPS) is 9.83. The smallest absolute Gasteiger partial charge is 0.125 e. The molecule has 0 aliphatic heterocycles. The van der Waals surface area contributed by atoms with Crippen molar-refractivity contribution in [2.45, 2.75) is 0 Å². The molecule has 0 radical (unpaired) electrons. The summed E-state index contributed by atoms with van der Waals surface area (Å²) < 4.78 is 10.7. The number of hydrogen-bond donors (Lipinski definition) is 1. The van der Waals surface area contributed by atoms with Gasteiger partial charge in [-0.2, -0.15) is 0 Å². The summed E-state index contributed by atoms with van der Waals surface area (Å²) >= 11 is 0. The number of methoxy groups -OCH3 is 1. The molecule has 0 spiro atoms. The molecule has 0 unspecified atom stereocenters. The Morgan fingerprint density at radius 3 is 2.78 bits per heavy atom. The highest BCUT2D eigenvalue weighted by molar-refractivity contribution is 5.34. The molecule has 4 heteroatoms. The number of nitrogens with zero attached hydrogens (tertiary/aromatic N) is 1. The average molecular weight is 244 g/mol. The van der Waals surface area contributed by atoms with E-state index in [0.29, 0.717) is 13.2 Å². The Kier molecular flexibility index (Phi) is 4.41. The lowest BCUT2D eigenvalue weighted by molar-refractivity contribution is 0.329. The number of pyridine rings is 1. The van der Waals surface area contributed by atoms with E-state index in [1.54, 1.807) is 13.3 Å². The molecule has 0 aliphatic rings. The van der Waals surface area contributed by atoms with Crippen molar-refractivity contribution in [1.82, 2.24) is 4.98 Å². The fourth-order valence-corrected chi connectivity index (χ4v) is 1.51. The van der Waals surface area contributed by atoms with Crippen LogP contribution in [-0.2, 0) is 0 Å². The molecule has 0 saturated carbocycles. The van der Waals surface area contributed by atoms with Crippen molar-refractivity contribution < 1.29 is 9.47 Å². The van der Waals surface area contributed by atoms with E-state index in [9.17, 15) is 0 Å². The fourth-order valence-electron chi connectivity index (χ4n) is 1.51. The van der Waals surface area contributed by atoms with Gasteiger partial charge >= 0.3 is 0 Å². The average Bonchev–Trinajstić information content (AvgIpc) is 2.45. The minimum absolute atomic E-state index is 0.573. The monoisotopic (exact) mass is 244 g/mol. The van der Waals surface area contributed by atoms with Gasteiger partial charge in [0.05, 0.1) is 13.7 Å². The highest BCUT2D eigenvalue weighted by atomic mass is 16.5. The molecule has 0 bridgehead atoms. The summed E-state index contributed by atoms with van der Waals surface area (Å²) in [6, 6.07) is 13.3. The summed E-state index contributed by atoms with van der Waals surface area (Å²) in [4.78, 5) is 4.16. The largest absolute Gasteiger partial charge is 0.497 e. The van der Waals surface area contributed by atoms with Crippen LogP contribution < -0.4 is 14.8 Å². The van der Waals surface area contributed by atoms with Gasteiger partial charge < -0.3 is 14.8 Å².